The van der Waals surface area contributed by atoms with Gasteiger partial charge in [-0.2, -0.15) is 0 Å². The summed E-state index contributed by atoms with van der Waals surface area (Å²) in [7, 11) is 0. The first-order chi connectivity index (χ1) is 9.81. The summed E-state index contributed by atoms with van der Waals surface area (Å²) >= 11 is 0. The van der Waals surface area contributed by atoms with Gasteiger partial charge in [-0.3, -0.25) is 0 Å². The Kier molecular flexibility index (Phi) is 2.33. The molecule has 0 saturated carbocycles. The molecule has 0 aliphatic heterocycles. The van der Waals surface area contributed by atoms with Gasteiger partial charge in [0.2, 0.25) is 0 Å². The van der Waals surface area contributed by atoms with Gasteiger partial charge in [0.15, 0.2) is 5.65 Å². The topological polar surface area (TPSA) is 30.2 Å². The van der Waals surface area contributed by atoms with Gasteiger partial charge in [-0.1, -0.05) is 35.9 Å². The molecule has 0 N–H and O–H groups in total. The Labute approximate surface area is 116 Å². The van der Waals surface area contributed by atoms with Crippen LogP contribution < -0.4 is 0 Å². The summed E-state index contributed by atoms with van der Waals surface area (Å²) in [6.45, 7) is 2.09. The van der Waals surface area contributed by atoms with Crippen molar-refractivity contribution in [3.8, 4) is 11.1 Å². The highest BCUT2D eigenvalue weighted by atomic mass is 15.2. The minimum atomic E-state index is 0.784. The molecule has 0 amide bonds. The number of hydrogen-bond donors (Lipinski definition) is 0. The monoisotopic (exact) mass is 259 g/mol. The van der Waals surface area contributed by atoms with Gasteiger partial charge in [0, 0.05) is 23.3 Å². The van der Waals surface area contributed by atoms with Crippen LogP contribution >= 0.6 is 0 Å². The van der Waals surface area contributed by atoms with E-state index in [1.54, 1.807) is 0 Å². The molecule has 3 nitrogen and oxygen atoms in total. The van der Waals surface area contributed by atoms with E-state index in [1.165, 1.54) is 11.1 Å². The van der Waals surface area contributed by atoms with Crippen LogP contribution in [0.25, 0.3) is 27.7 Å². The number of aryl methyl sites for hydroxylation is 1. The van der Waals surface area contributed by atoms with E-state index in [1.807, 2.05) is 29.0 Å². The maximum absolute atomic E-state index is 4.49. The van der Waals surface area contributed by atoms with Crippen LogP contribution in [-0.2, 0) is 0 Å². The Morgan fingerprint density at radius 2 is 1.80 bits per heavy atom. The molecular weight excluding hydrogens is 246 g/mol. The third-order valence-electron chi connectivity index (χ3n) is 3.57. The Balaban J connectivity index is 1.97. The normalized spacial score (nSPS) is 11.2. The Morgan fingerprint density at radius 3 is 2.65 bits per heavy atom. The van der Waals surface area contributed by atoms with Crippen molar-refractivity contribution >= 4 is 16.6 Å². The van der Waals surface area contributed by atoms with E-state index >= 15 is 0 Å². The molecule has 0 saturated heterocycles. The Morgan fingerprint density at radius 1 is 0.950 bits per heavy atom. The quantitative estimate of drug-likeness (QED) is 0.519. The minimum Gasteiger partial charge on any atom is -0.238 e. The lowest BCUT2D eigenvalue weighted by Gasteiger charge is -2.01. The van der Waals surface area contributed by atoms with Crippen LogP contribution in [0.4, 0.5) is 0 Å². The molecule has 4 rings (SSSR count). The van der Waals surface area contributed by atoms with E-state index in [2.05, 4.69) is 53.4 Å². The van der Waals surface area contributed by atoms with Crippen molar-refractivity contribution in [1.82, 2.24) is 14.6 Å². The van der Waals surface area contributed by atoms with Gasteiger partial charge in [-0.05, 0) is 30.7 Å². The van der Waals surface area contributed by atoms with Crippen LogP contribution in [0.2, 0.25) is 0 Å². The summed E-state index contributed by atoms with van der Waals surface area (Å²) in [6, 6.07) is 16.7. The van der Waals surface area contributed by atoms with E-state index in [0.717, 1.165) is 22.1 Å². The van der Waals surface area contributed by atoms with E-state index in [4.69, 9.17) is 0 Å². The highest BCUT2D eigenvalue weighted by Crippen LogP contribution is 2.25. The molecule has 4 aromatic rings. The molecule has 0 spiro atoms. The average molecular weight is 259 g/mol. The minimum absolute atomic E-state index is 0.784. The van der Waals surface area contributed by atoms with E-state index in [-0.39, 0.29) is 0 Å². The van der Waals surface area contributed by atoms with Crippen LogP contribution in [0, 0.1) is 6.92 Å². The molecular formula is C17H13N3. The maximum atomic E-state index is 4.49. The lowest BCUT2D eigenvalue weighted by Crippen LogP contribution is -1.83. The standard InChI is InChI=1S/C17H13N3/c1-12-5-7-13(8-6-12)14-10-15-16-4-2-3-9-20(16)19-17(15)18-11-14/h2-11H,1H3. The second-order valence-electron chi connectivity index (χ2n) is 4.99. The van der Waals surface area contributed by atoms with Crippen molar-refractivity contribution in [2.24, 2.45) is 0 Å². The van der Waals surface area contributed by atoms with Crippen molar-refractivity contribution in [3.63, 3.8) is 0 Å². The first-order valence-electron chi connectivity index (χ1n) is 6.61. The second-order valence-corrected chi connectivity index (χ2v) is 4.99. The van der Waals surface area contributed by atoms with Crippen molar-refractivity contribution in [2.45, 2.75) is 6.92 Å². The van der Waals surface area contributed by atoms with E-state index in [9.17, 15) is 0 Å². The molecule has 0 atom stereocenters. The highest BCUT2D eigenvalue weighted by Gasteiger charge is 2.07. The number of aromatic nitrogens is 3. The van der Waals surface area contributed by atoms with Gasteiger partial charge in [-0.15, -0.1) is 5.10 Å². The van der Waals surface area contributed by atoms with Crippen LogP contribution in [0.3, 0.4) is 0 Å². The van der Waals surface area contributed by atoms with Crippen LogP contribution in [-0.4, -0.2) is 14.6 Å². The lowest BCUT2D eigenvalue weighted by atomic mass is 10.1. The van der Waals surface area contributed by atoms with Crippen molar-refractivity contribution < 1.29 is 0 Å². The molecule has 0 bridgehead atoms. The molecule has 0 fully saturated rings. The fraction of sp³-hybridized carbons (Fsp3) is 0.0588. The smallest absolute Gasteiger partial charge is 0.182 e. The number of nitrogens with zero attached hydrogens (tertiary/aromatic N) is 3. The zero-order valence-corrected chi connectivity index (χ0v) is 11.1. The number of pyridine rings is 2. The van der Waals surface area contributed by atoms with E-state index < -0.39 is 0 Å². The largest absolute Gasteiger partial charge is 0.238 e. The Hall–Kier alpha value is -2.68. The summed E-state index contributed by atoms with van der Waals surface area (Å²) in [5, 5.41) is 5.56. The highest BCUT2D eigenvalue weighted by molar-refractivity contribution is 5.94. The van der Waals surface area contributed by atoms with Gasteiger partial charge in [0.1, 0.15) is 0 Å². The third-order valence-corrected chi connectivity index (χ3v) is 3.57. The molecule has 0 aliphatic carbocycles. The molecule has 0 unspecified atom stereocenters. The third kappa shape index (κ3) is 1.67. The predicted molar refractivity (Wildman–Crippen MR) is 80.7 cm³/mol. The second kappa shape index (κ2) is 4.17. The summed E-state index contributed by atoms with van der Waals surface area (Å²) in [5.41, 5.74) is 5.44. The first kappa shape index (κ1) is 11.2. The molecule has 20 heavy (non-hydrogen) atoms. The molecule has 96 valence electrons. The SMILES string of the molecule is Cc1ccc(-c2cnc3nn4ccccc4c3c2)cc1. The summed E-state index contributed by atoms with van der Waals surface area (Å²) in [6.07, 6.45) is 3.84. The summed E-state index contributed by atoms with van der Waals surface area (Å²) in [5.74, 6) is 0. The van der Waals surface area contributed by atoms with Crippen molar-refractivity contribution in [1.29, 1.82) is 0 Å². The average Bonchev–Trinajstić information content (AvgIpc) is 2.86. The predicted octanol–water partition coefficient (Wildman–Crippen LogP) is 3.86. The molecule has 3 heterocycles. The fourth-order valence-electron chi connectivity index (χ4n) is 2.47. The zero-order chi connectivity index (χ0) is 13.5. The number of benzene rings is 1. The molecule has 1 aromatic carbocycles. The maximum Gasteiger partial charge on any atom is 0.182 e. The summed E-state index contributed by atoms with van der Waals surface area (Å²) < 4.78 is 1.87. The fourth-order valence-corrected chi connectivity index (χ4v) is 2.47. The van der Waals surface area contributed by atoms with Gasteiger partial charge in [-0.25, -0.2) is 9.50 Å². The van der Waals surface area contributed by atoms with Gasteiger partial charge < -0.3 is 0 Å². The van der Waals surface area contributed by atoms with Gasteiger partial charge in [0.05, 0.1) is 5.52 Å². The van der Waals surface area contributed by atoms with Crippen LogP contribution in [0.5, 0.6) is 0 Å². The Bertz CT molecular complexity index is 904. The van der Waals surface area contributed by atoms with Crippen molar-refractivity contribution in [3.05, 3.63) is 66.5 Å². The molecule has 3 heteroatoms. The molecule has 3 aromatic heterocycles. The van der Waals surface area contributed by atoms with Crippen LogP contribution in [0.15, 0.2) is 60.9 Å². The zero-order valence-electron chi connectivity index (χ0n) is 11.1. The molecule has 0 aliphatic rings. The molecule has 0 radical (unpaired) electrons. The first-order valence-corrected chi connectivity index (χ1v) is 6.61. The van der Waals surface area contributed by atoms with Crippen molar-refractivity contribution in [2.75, 3.05) is 0 Å². The van der Waals surface area contributed by atoms with Gasteiger partial charge >= 0.3 is 0 Å². The van der Waals surface area contributed by atoms with Crippen LogP contribution in [0.1, 0.15) is 5.56 Å². The van der Waals surface area contributed by atoms with E-state index in [0.29, 0.717) is 0 Å². The lowest BCUT2D eigenvalue weighted by molar-refractivity contribution is 0.971. The van der Waals surface area contributed by atoms with Gasteiger partial charge in [0.25, 0.3) is 0 Å². The number of fused-ring (bicyclic) bond motifs is 3. The number of hydrogen-bond acceptors (Lipinski definition) is 2. The summed E-state index contributed by atoms with van der Waals surface area (Å²) in [4.78, 5) is 4.49. The number of rotatable bonds is 1.